The van der Waals surface area contributed by atoms with Gasteiger partial charge in [-0.15, -0.1) is 11.3 Å². The van der Waals surface area contributed by atoms with E-state index in [1.807, 2.05) is 11.4 Å². The van der Waals surface area contributed by atoms with Crippen LogP contribution in [0.25, 0.3) is 11.5 Å². The van der Waals surface area contributed by atoms with Crippen molar-refractivity contribution in [1.29, 1.82) is 0 Å². The number of aromatic nitrogens is 1. The Morgan fingerprint density at radius 1 is 1.17 bits per heavy atom. The molecule has 3 heterocycles. The molecule has 1 aliphatic heterocycles. The summed E-state index contributed by atoms with van der Waals surface area (Å²) in [7, 11) is -3.51. The average molecular weight is 448 g/mol. The summed E-state index contributed by atoms with van der Waals surface area (Å²) in [5, 5.41) is 5.12. The molecule has 2 aromatic heterocycles. The van der Waals surface area contributed by atoms with Crippen molar-refractivity contribution >= 4 is 32.4 Å². The number of rotatable bonds is 7. The number of aryl methyl sites for hydroxylation is 1. The minimum atomic E-state index is -3.51. The third kappa shape index (κ3) is 4.78. The lowest BCUT2D eigenvalue weighted by molar-refractivity contribution is -0.116. The fourth-order valence-electron chi connectivity index (χ4n) is 3.07. The zero-order chi connectivity index (χ0) is 21.0. The van der Waals surface area contributed by atoms with Crippen molar-refractivity contribution < 1.29 is 22.4 Å². The third-order valence-electron chi connectivity index (χ3n) is 4.70. The summed E-state index contributed by atoms with van der Waals surface area (Å²) >= 11 is 1.33. The van der Waals surface area contributed by atoms with E-state index in [4.69, 9.17) is 9.15 Å². The number of anilines is 1. The van der Waals surface area contributed by atoms with E-state index in [0.717, 1.165) is 5.56 Å². The van der Waals surface area contributed by atoms with E-state index in [-0.39, 0.29) is 17.2 Å². The molecule has 0 spiro atoms. The maximum atomic E-state index is 12.6. The zero-order valence-electron chi connectivity index (χ0n) is 16.1. The van der Waals surface area contributed by atoms with Crippen LogP contribution in [0, 0.1) is 0 Å². The van der Waals surface area contributed by atoms with Crippen LogP contribution in [0.4, 0.5) is 5.13 Å². The molecule has 0 bridgehead atoms. The first-order valence-corrected chi connectivity index (χ1v) is 11.8. The van der Waals surface area contributed by atoms with Gasteiger partial charge in [-0.25, -0.2) is 13.4 Å². The average Bonchev–Trinajstić information content (AvgIpc) is 3.45. The Labute approximate surface area is 178 Å². The van der Waals surface area contributed by atoms with Crippen molar-refractivity contribution in [1.82, 2.24) is 9.29 Å². The van der Waals surface area contributed by atoms with Crippen LogP contribution < -0.4 is 5.32 Å². The summed E-state index contributed by atoms with van der Waals surface area (Å²) in [6.45, 7) is 1.55. The Bertz CT molecular complexity index is 1090. The molecular weight excluding hydrogens is 426 g/mol. The fourth-order valence-corrected chi connectivity index (χ4v) is 5.20. The smallest absolute Gasteiger partial charge is 0.243 e. The summed E-state index contributed by atoms with van der Waals surface area (Å²) in [5.41, 5.74) is 1.57. The van der Waals surface area contributed by atoms with Crippen LogP contribution in [0.15, 0.2) is 57.4 Å². The van der Waals surface area contributed by atoms with Crippen LogP contribution >= 0.6 is 11.3 Å². The number of ether oxygens (including phenoxy) is 1. The summed E-state index contributed by atoms with van der Waals surface area (Å²) < 4.78 is 37.2. The standard InChI is InChI=1S/C20H21N3O5S2/c24-19(22-20-21-17(14-29-20)18-2-1-11-28-18)8-5-15-3-6-16(7-4-15)30(25,26)23-9-12-27-13-10-23/h1-4,6-7,11,14H,5,8-10,12-13H2,(H,21,22,24). The Hall–Kier alpha value is -2.53. The lowest BCUT2D eigenvalue weighted by atomic mass is 10.1. The zero-order valence-corrected chi connectivity index (χ0v) is 17.7. The van der Waals surface area contributed by atoms with Gasteiger partial charge in [-0.05, 0) is 36.2 Å². The molecule has 1 fully saturated rings. The highest BCUT2D eigenvalue weighted by molar-refractivity contribution is 7.89. The van der Waals surface area contributed by atoms with E-state index in [2.05, 4.69) is 10.3 Å². The van der Waals surface area contributed by atoms with E-state index in [9.17, 15) is 13.2 Å². The third-order valence-corrected chi connectivity index (χ3v) is 7.37. The van der Waals surface area contributed by atoms with Crippen molar-refractivity contribution in [2.45, 2.75) is 17.7 Å². The number of nitrogens with zero attached hydrogens (tertiary/aromatic N) is 2. The van der Waals surface area contributed by atoms with Crippen LogP contribution in [0.3, 0.4) is 0 Å². The molecule has 4 rings (SSSR count). The van der Waals surface area contributed by atoms with Crippen LogP contribution in [-0.4, -0.2) is 49.9 Å². The molecule has 8 nitrogen and oxygen atoms in total. The Kier molecular flexibility index (Phi) is 6.28. The van der Waals surface area contributed by atoms with Crippen LogP contribution in [0.1, 0.15) is 12.0 Å². The molecular formula is C20H21N3O5S2. The number of nitrogens with one attached hydrogen (secondary N) is 1. The number of furan rings is 1. The molecule has 1 aliphatic rings. The molecule has 0 unspecified atom stereocenters. The lowest BCUT2D eigenvalue weighted by Crippen LogP contribution is -2.40. The fraction of sp³-hybridized carbons (Fsp3) is 0.300. The van der Waals surface area contributed by atoms with Gasteiger partial charge < -0.3 is 14.5 Å². The molecule has 1 N–H and O–H groups in total. The lowest BCUT2D eigenvalue weighted by Gasteiger charge is -2.26. The van der Waals surface area contributed by atoms with E-state index < -0.39 is 10.0 Å². The first-order chi connectivity index (χ1) is 14.5. The minimum Gasteiger partial charge on any atom is -0.463 e. The maximum absolute atomic E-state index is 12.6. The van der Waals surface area contributed by atoms with Gasteiger partial charge in [0.25, 0.3) is 0 Å². The monoisotopic (exact) mass is 447 g/mol. The summed E-state index contributed by atoms with van der Waals surface area (Å²) in [6.07, 6.45) is 2.34. The highest BCUT2D eigenvalue weighted by Crippen LogP contribution is 2.25. The number of amides is 1. The molecule has 0 aliphatic carbocycles. The molecule has 30 heavy (non-hydrogen) atoms. The number of morpholine rings is 1. The van der Waals surface area contributed by atoms with E-state index in [1.54, 1.807) is 36.6 Å². The number of hydrogen-bond acceptors (Lipinski definition) is 7. The quantitative estimate of drug-likeness (QED) is 0.597. The number of carbonyl (C=O) groups is 1. The van der Waals surface area contributed by atoms with Gasteiger partial charge in [0.15, 0.2) is 10.9 Å². The molecule has 1 saturated heterocycles. The van der Waals surface area contributed by atoms with E-state index in [0.29, 0.717) is 49.3 Å². The van der Waals surface area contributed by atoms with Crippen molar-refractivity contribution in [2.24, 2.45) is 0 Å². The molecule has 1 amide bonds. The normalized spacial score (nSPS) is 15.2. The molecule has 1 aromatic carbocycles. The summed E-state index contributed by atoms with van der Waals surface area (Å²) in [6, 6.07) is 10.3. The first-order valence-electron chi connectivity index (χ1n) is 9.48. The first kappa shape index (κ1) is 20.7. The second-order valence-electron chi connectivity index (χ2n) is 6.72. The summed E-state index contributed by atoms with van der Waals surface area (Å²) in [4.78, 5) is 16.8. The number of benzene rings is 1. The summed E-state index contributed by atoms with van der Waals surface area (Å²) in [5.74, 6) is 0.499. The van der Waals surface area contributed by atoms with Crippen LogP contribution in [0.2, 0.25) is 0 Å². The molecule has 0 radical (unpaired) electrons. The van der Waals surface area contributed by atoms with E-state index in [1.165, 1.54) is 15.6 Å². The van der Waals surface area contributed by atoms with Gasteiger partial charge >= 0.3 is 0 Å². The number of hydrogen-bond donors (Lipinski definition) is 1. The van der Waals surface area contributed by atoms with Crippen molar-refractivity contribution in [3.8, 4) is 11.5 Å². The molecule has 158 valence electrons. The predicted molar refractivity (Wildman–Crippen MR) is 113 cm³/mol. The largest absolute Gasteiger partial charge is 0.463 e. The minimum absolute atomic E-state index is 0.152. The second-order valence-corrected chi connectivity index (χ2v) is 9.52. The predicted octanol–water partition coefficient (Wildman–Crippen LogP) is 3.00. The van der Waals surface area contributed by atoms with Crippen LogP contribution in [0.5, 0.6) is 0 Å². The van der Waals surface area contributed by atoms with Crippen molar-refractivity contribution in [3.63, 3.8) is 0 Å². The Balaban J connectivity index is 1.31. The van der Waals surface area contributed by atoms with Crippen molar-refractivity contribution in [3.05, 3.63) is 53.6 Å². The van der Waals surface area contributed by atoms with Gasteiger partial charge in [0, 0.05) is 24.9 Å². The maximum Gasteiger partial charge on any atom is 0.243 e. The topological polar surface area (TPSA) is 102 Å². The van der Waals surface area contributed by atoms with Gasteiger partial charge in [0.05, 0.1) is 24.4 Å². The SMILES string of the molecule is O=C(CCc1ccc(S(=O)(=O)N2CCOCC2)cc1)Nc1nc(-c2ccco2)cs1. The highest BCUT2D eigenvalue weighted by atomic mass is 32.2. The number of sulfonamides is 1. The molecule has 3 aromatic rings. The molecule has 0 atom stereocenters. The van der Waals surface area contributed by atoms with E-state index >= 15 is 0 Å². The number of thiazole rings is 1. The van der Waals surface area contributed by atoms with Gasteiger partial charge in [0.1, 0.15) is 5.69 Å². The van der Waals surface area contributed by atoms with Crippen LogP contribution in [-0.2, 0) is 26.0 Å². The molecule has 10 heteroatoms. The Morgan fingerprint density at radius 2 is 1.93 bits per heavy atom. The number of carbonyl (C=O) groups excluding carboxylic acids is 1. The Morgan fingerprint density at radius 3 is 2.63 bits per heavy atom. The second kappa shape index (κ2) is 9.09. The van der Waals surface area contributed by atoms with Crippen molar-refractivity contribution in [2.75, 3.05) is 31.6 Å². The van der Waals surface area contributed by atoms with Gasteiger partial charge in [-0.1, -0.05) is 12.1 Å². The van der Waals surface area contributed by atoms with Gasteiger partial charge in [0.2, 0.25) is 15.9 Å². The van der Waals surface area contributed by atoms with Gasteiger partial charge in [-0.3, -0.25) is 4.79 Å². The van der Waals surface area contributed by atoms with Gasteiger partial charge in [-0.2, -0.15) is 4.31 Å². The molecule has 0 saturated carbocycles. The highest BCUT2D eigenvalue weighted by Gasteiger charge is 2.26.